The van der Waals surface area contributed by atoms with Crippen molar-refractivity contribution in [3.05, 3.63) is 24.8 Å². The second-order valence-corrected chi connectivity index (χ2v) is 7.90. The molecular weight excluding hydrogens is 320 g/mol. The Bertz CT molecular complexity index is 583. The van der Waals surface area contributed by atoms with Crippen LogP contribution in [0.1, 0.15) is 58.3 Å². The van der Waals surface area contributed by atoms with Crippen LogP contribution < -0.4 is 0 Å². The van der Waals surface area contributed by atoms with Crippen molar-refractivity contribution < 1.29 is 23.8 Å². The van der Waals surface area contributed by atoms with Crippen LogP contribution in [0.5, 0.6) is 0 Å². The van der Waals surface area contributed by atoms with Gasteiger partial charge < -0.3 is 14.2 Å². The van der Waals surface area contributed by atoms with Crippen LogP contribution in [0.2, 0.25) is 0 Å². The van der Waals surface area contributed by atoms with Gasteiger partial charge in [-0.15, -0.1) is 0 Å². The normalized spacial score (nSPS) is 36.9. The van der Waals surface area contributed by atoms with E-state index < -0.39 is 11.6 Å². The van der Waals surface area contributed by atoms with Gasteiger partial charge in [0.1, 0.15) is 5.60 Å². The van der Waals surface area contributed by atoms with E-state index in [2.05, 4.69) is 20.1 Å². The van der Waals surface area contributed by atoms with Gasteiger partial charge in [-0.2, -0.15) is 0 Å². The summed E-state index contributed by atoms with van der Waals surface area (Å²) in [6, 6.07) is 0. The highest BCUT2D eigenvalue weighted by Crippen LogP contribution is 2.49. The number of fused-ring (bicyclic) bond motifs is 1. The molecule has 5 heteroatoms. The second kappa shape index (κ2) is 6.94. The first-order chi connectivity index (χ1) is 11.9. The second-order valence-electron chi connectivity index (χ2n) is 7.90. The van der Waals surface area contributed by atoms with Gasteiger partial charge in [-0.3, -0.25) is 4.79 Å². The van der Waals surface area contributed by atoms with Crippen LogP contribution in [0.4, 0.5) is 0 Å². The maximum Gasteiger partial charge on any atom is 0.330 e. The van der Waals surface area contributed by atoms with E-state index in [1.165, 1.54) is 6.08 Å². The molecule has 0 aromatic rings. The van der Waals surface area contributed by atoms with Crippen molar-refractivity contribution in [1.82, 2.24) is 0 Å². The summed E-state index contributed by atoms with van der Waals surface area (Å²) in [6.07, 6.45) is 7.65. The smallest absolute Gasteiger partial charge is 0.330 e. The molecule has 0 N–H and O–H groups in total. The van der Waals surface area contributed by atoms with Crippen LogP contribution in [0.3, 0.4) is 0 Å². The summed E-state index contributed by atoms with van der Waals surface area (Å²) in [4.78, 5) is 24.1. The number of rotatable bonds is 6. The third-order valence-electron chi connectivity index (χ3n) is 5.88. The zero-order valence-electron chi connectivity index (χ0n) is 15.1. The molecule has 4 atom stereocenters. The molecule has 0 amide bonds. The third-order valence-corrected chi connectivity index (χ3v) is 5.88. The standard InChI is InChI=1S/C20H28O5/c1-4-17(21)25-20(8-5-6-14(2)13-20)10-11-23-18(22)15-7-9-19(3)16(12-15)24-19/h4,15-16H,1-2,5-13H2,3H3. The number of ether oxygens (including phenoxy) is 3. The number of hydrogen-bond donors (Lipinski definition) is 0. The van der Waals surface area contributed by atoms with Crippen LogP contribution in [-0.2, 0) is 23.8 Å². The summed E-state index contributed by atoms with van der Waals surface area (Å²) in [6.45, 7) is 9.87. The summed E-state index contributed by atoms with van der Waals surface area (Å²) in [5.41, 5.74) is 0.459. The zero-order chi connectivity index (χ0) is 18.1. The fourth-order valence-corrected chi connectivity index (χ4v) is 4.21. The number of hydrogen-bond acceptors (Lipinski definition) is 5. The number of carbonyl (C=O) groups is 2. The molecule has 0 aromatic heterocycles. The SMILES string of the molecule is C=CC(=O)OC1(CCOC(=O)C2CCC3(C)OC3C2)CCCC(=C)C1. The lowest BCUT2D eigenvalue weighted by molar-refractivity contribution is -0.160. The van der Waals surface area contributed by atoms with Crippen molar-refractivity contribution in [2.24, 2.45) is 5.92 Å². The third kappa shape index (κ3) is 4.14. The summed E-state index contributed by atoms with van der Waals surface area (Å²) in [5, 5.41) is 0. The Labute approximate surface area is 149 Å². The van der Waals surface area contributed by atoms with Gasteiger partial charge in [-0.25, -0.2) is 4.79 Å². The molecule has 2 saturated carbocycles. The van der Waals surface area contributed by atoms with Gasteiger partial charge in [0.25, 0.3) is 0 Å². The first-order valence-electron chi connectivity index (χ1n) is 9.22. The van der Waals surface area contributed by atoms with Crippen LogP contribution in [0, 0.1) is 5.92 Å². The van der Waals surface area contributed by atoms with Gasteiger partial charge in [-0.1, -0.05) is 18.7 Å². The van der Waals surface area contributed by atoms with Crippen molar-refractivity contribution in [3.8, 4) is 0 Å². The largest absolute Gasteiger partial charge is 0.465 e. The minimum absolute atomic E-state index is 0.00217. The highest BCUT2D eigenvalue weighted by molar-refractivity contribution is 5.81. The molecule has 4 unspecified atom stereocenters. The average Bonchev–Trinajstić information content (AvgIpc) is 3.25. The number of epoxide rings is 1. The lowest BCUT2D eigenvalue weighted by atomic mass is 9.80. The predicted octanol–water partition coefficient (Wildman–Crippen LogP) is 3.48. The van der Waals surface area contributed by atoms with Crippen molar-refractivity contribution in [1.29, 1.82) is 0 Å². The minimum Gasteiger partial charge on any atom is -0.465 e. The average molecular weight is 348 g/mol. The highest BCUT2D eigenvalue weighted by atomic mass is 16.6. The molecule has 3 fully saturated rings. The van der Waals surface area contributed by atoms with Gasteiger partial charge in [0.2, 0.25) is 0 Å². The van der Waals surface area contributed by atoms with E-state index in [-0.39, 0.29) is 30.2 Å². The molecule has 3 rings (SSSR count). The van der Waals surface area contributed by atoms with E-state index in [4.69, 9.17) is 14.2 Å². The van der Waals surface area contributed by atoms with Crippen molar-refractivity contribution in [3.63, 3.8) is 0 Å². The number of esters is 2. The topological polar surface area (TPSA) is 65.1 Å². The lowest BCUT2D eigenvalue weighted by Gasteiger charge is -2.37. The van der Waals surface area contributed by atoms with Crippen molar-refractivity contribution >= 4 is 11.9 Å². The van der Waals surface area contributed by atoms with E-state index in [1.54, 1.807) is 0 Å². The Hall–Kier alpha value is -1.62. The first kappa shape index (κ1) is 18.2. The molecule has 1 saturated heterocycles. The molecular formula is C20H28O5. The summed E-state index contributed by atoms with van der Waals surface area (Å²) in [7, 11) is 0. The van der Waals surface area contributed by atoms with E-state index in [0.29, 0.717) is 12.8 Å². The summed E-state index contributed by atoms with van der Waals surface area (Å²) in [5.74, 6) is -0.663. The Morgan fingerprint density at radius 2 is 2.20 bits per heavy atom. The van der Waals surface area contributed by atoms with Crippen LogP contribution in [0.15, 0.2) is 24.8 Å². The van der Waals surface area contributed by atoms with Crippen LogP contribution in [0.25, 0.3) is 0 Å². The van der Waals surface area contributed by atoms with Gasteiger partial charge in [0, 0.05) is 18.9 Å². The molecule has 3 aliphatic rings. The fraction of sp³-hybridized carbons (Fsp3) is 0.700. The lowest BCUT2D eigenvalue weighted by Crippen LogP contribution is -2.39. The summed E-state index contributed by atoms with van der Waals surface area (Å²) < 4.78 is 16.8. The molecule has 0 spiro atoms. The van der Waals surface area contributed by atoms with Crippen molar-refractivity contribution in [2.75, 3.05) is 6.61 Å². The molecule has 2 aliphatic carbocycles. The predicted molar refractivity (Wildman–Crippen MR) is 92.8 cm³/mol. The Kier molecular flexibility index (Phi) is 5.05. The molecule has 5 nitrogen and oxygen atoms in total. The quantitative estimate of drug-likeness (QED) is 0.318. The molecule has 25 heavy (non-hydrogen) atoms. The molecule has 0 radical (unpaired) electrons. The molecule has 0 aromatic carbocycles. The summed E-state index contributed by atoms with van der Waals surface area (Å²) >= 11 is 0. The van der Waals surface area contributed by atoms with Gasteiger partial charge in [-0.05, 0) is 45.4 Å². The minimum atomic E-state index is -0.619. The molecule has 1 heterocycles. The van der Waals surface area contributed by atoms with Gasteiger partial charge in [0.05, 0.1) is 24.2 Å². The van der Waals surface area contributed by atoms with E-state index >= 15 is 0 Å². The van der Waals surface area contributed by atoms with Crippen molar-refractivity contribution in [2.45, 2.75) is 75.6 Å². The number of carbonyl (C=O) groups excluding carboxylic acids is 2. The van der Waals surface area contributed by atoms with E-state index in [0.717, 1.165) is 44.1 Å². The molecule has 1 aliphatic heterocycles. The fourth-order valence-electron chi connectivity index (χ4n) is 4.21. The van der Waals surface area contributed by atoms with Gasteiger partial charge in [0.15, 0.2) is 0 Å². The Morgan fingerprint density at radius 3 is 2.88 bits per heavy atom. The van der Waals surface area contributed by atoms with Crippen LogP contribution in [-0.4, -0.2) is 35.9 Å². The van der Waals surface area contributed by atoms with Crippen LogP contribution >= 0.6 is 0 Å². The Balaban J connectivity index is 1.50. The van der Waals surface area contributed by atoms with E-state index in [1.807, 2.05) is 0 Å². The molecule has 138 valence electrons. The first-order valence-corrected chi connectivity index (χ1v) is 9.22. The maximum absolute atomic E-state index is 12.3. The van der Waals surface area contributed by atoms with E-state index in [9.17, 15) is 9.59 Å². The monoisotopic (exact) mass is 348 g/mol. The maximum atomic E-state index is 12.3. The molecule has 0 bridgehead atoms. The highest BCUT2D eigenvalue weighted by Gasteiger charge is 2.56. The van der Waals surface area contributed by atoms with Gasteiger partial charge >= 0.3 is 11.9 Å². The zero-order valence-corrected chi connectivity index (χ0v) is 15.1. The Morgan fingerprint density at radius 1 is 1.40 bits per heavy atom.